The second kappa shape index (κ2) is 7.22. The minimum absolute atomic E-state index is 0.0320. The number of benzene rings is 2. The third kappa shape index (κ3) is 3.40. The average molecular weight is 458 g/mol. The molecule has 0 bridgehead atoms. The summed E-state index contributed by atoms with van der Waals surface area (Å²) in [5.74, 6) is 0.691. The molecule has 3 aromatic rings. The molecule has 1 fully saturated rings. The molecule has 0 saturated heterocycles. The number of fused-ring (bicyclic) bond motifs is 1. The molecule has 2 aromatic carbocycles. The summed E-state index contributed by atoms with van der Waals surface area (Å²) in [6.07, 6.45) is -10.5. The Kier molecular flexibility index (Phi) is 5.00. The van der Waals surface area contributed by atoms with Gasteiger partial charge in [-0.2, -0.15) is 26.3 Å². The normalized spacial score (nSPS) is 15.2. The molecule has 0 amide bonds. The van der Waals surface area contributed by atoms with Gasteiger partial charge in [0, 0.05) is 11.5 Å². The van der Waals surface area contributed by atoms with Gasteiger partial charge in [0.25, 0.3) is 11.2 Å². The molecule has 0 atom stereocenters. The zero-order chi connectivity index (χ0) is 23.5. The van der Waals surface area contributed by atoms with E-state index in [-0.39, 0.29) is 17.0 Å². The standard InChI is InChI=1S/C21H16F6N2O3/c1-32-14-8-9-16-15(10-14)18(30)29(17(28-16)11-2-3-11)13-6-4-12(5-7-13)19(31,20(22,23)24)21(25,26)27/h4-11,31H,2-3H2,1H3. The highest BCUT2D eigenvalue weighted by Gasteiger charge is 2.71. The number of nitrogens with zero attached hydrogens (tertiary/aromatic N) is 2. The van der Waals surface area contributed by atoms with E-state index in [1.54, 1.807) is 12.1 Å². The monoisotopic (exact) mass is 458 g/mol. The molecule has 1 aliphatic rings. The first kappa shape index (κ1) is 22.1. The lowest BCUT2D eigenvalue weighted by atomic mass is 9.92. The molecule has 32 heavy (non-hydrogen) atoms. The van der Waals surface area contributed by atoms with Gasteiger partial charge in [0.15, 0.2) is 0 Å². The Morgan fingerprint density at radius 2 is 1.59 bits per heavy atom. The largest absolute Gasteiger partial charge is 0.497 e. The highest BCUT2D eigenvalue weighted by Crippen LogP contribution is 2.50. The van der Waals surface area contributed by atoms with Crippen LogP contribution in [0.5, 0.6) is 5.75 Å². The first-order valence-electron chi connectivity index (χ1n) is 9.46. The van der Waals surface area contributed by atoms with Crippen molar-refractivity contribution in [2.75, 3.05) is 7.11 Å². The summed E-state index contributed by atoms with van der Waals surface area (Å²) in [6.45, 7) is 0. The number of hydrogen-bond donors (Lipinski definition) is 1. The molecule has 5 nitrogen and oxygen atoms in total. The molecule has 1 saturated carbocycles. The van der Waals surface area contributed by atoms with Crippen LogP contribution < -0.4 is 10.3 Å². The molecule has 1 heterocycles. The van der Waals surface area contributed by atoms with Crippen molar-refractivity contribution in [1.29, 1.82) is 0 Å². The highest BCUT2D eigenvalue weighted by atomic mass is 19.4. The fraction of sp³-hybridized carbons (Fsp3) is 0.333. The van der Waals surface area contributed by atoms with Gasteiger partial charge < -0.3 is 9.84 Å². The second-order valence-corrected chi connectivity index (χ2v) is 7.52. The number of methoxy groups -OCH3 is 1. The van der Waals surface area contributed by atoms with Crippen LogP contribution in [0, 0.1) is 0 Å². The summed E-state index contributed by atoms with van der Waals surface area (Å²) < 4.78 is 85.2. The van der Waals surface area contributed by atoms with Gasteiger partial charge in [0.05, 0.1) is 23.7 Å². The first-order valence-corrected chi connectivity index (χ1v) is 9.46. The summed E-state index contributed by atoms with van der Waals surface area (Å²) in [7, 11) is 1.41. The fourth-order valence-electron chi connectivity index (χ4n) is 3.51. The van der Waals surface area contributed by atoms with Gasteiger partial charge in [0.1, 0.15) is 11.6 Å². The quantitative estimate of drug-likeness (QED) is 0.582. The summed E-state index contributed by atoms with van der Waals surface area (Å²) in [5.41, 5.74) is -6.56. The molecule has 1 aromatic heterocycles. The van der Waals surface area contributed by atoms with E-state index in [4.69, 9.17) is 4.74 Å². The third-order valence-electron chi connectivity index (χ3n) is 5.41. The fourth-order valence-corrected chi connectivity index (χ4v) is 3.51. The predicted molar refractivity (Wildman–Crippen MR) is 102 cm³/mol. The number of alkyl halides is 6. The Balaban J connectivity index is 1.89. The molecule has 0 aliphatic heterocycles. The van der Waals surface area contributed by atoms with Crippen molar-refractivity contribution in [3.8, 4) is 11.4 Å². The van der Waals surface area contributed by atoms with Crippen molar-refractivity contribution in [2.24, 2.45) is 0 Å². The molecule has 0 radical (unpaired) electrons. The predicted octanol–water partition coefficient (Wildman–Crippen LogP) is 4.58. The van der Waals surface area contributed by atoms with Crippen molar-refractivity contribution < 1.29 is 36.2 Å². The Labute approximate surface area is 176 Å². The number of hydrogen-bond acceptors (Lipinski definition) is 4. The van der Waals surface area contributed by atoms with Crippen LogP contribution in [0.4, 0.5) is 26.3 Å². The van der Waals surface area contributed by atoms with Crippen molar-refractivity contribution in [3.05, 3.63) is 64.2 Å². The summed E-state index contributed by atoms with van der Waals surface area (Å²) in [5, 5.41) is 9.76. The van der Waals surface area contributed by atoms with Crippen LogP contribution in [0.25, 0.3) is 16.6 Å². The van der Waals surface area contributed by atoms with E-state index in [1.807, 2.05) is 0 Å². The first-order chi connectivity index (χ1) is 14.9. The molecule has 0 unspecified atom stereocenters. The van der Waals surface area contributed by atoms with Gasteiger partial charge in [0.2, 0.25) is 0 Å². The van der Waals surface area contributed by atoms with E-state index >= 15 is 0 Å². The van der Waals surface area contributed by atoms with Gasteiger partial charge in [-0.05, 0) is 43.2 Å². The summed E-state index contributed by atoms with van der Waals surface area (Å²) >= 11 is 0. The number of halogens is 6. The molecule has 1 aliphatic carbocycles. The van der Waals surface area contributed by atoms with Crippen LogP contribution >= 0.6 is 0 Å². The van der Waals surface area contributed by atoms with E-state index < -0.39 is 29.1 Å². The smallest absolute Gasteiger partial charge is 0.430 e. The average Bonchev–Trinajstić information content (AvgIpc) is 3.56. The van der Waals surface area contributed by atoms with E-state index in [2.05, 4.69) is 4.98 Å². The maximum Gasteiger partial charge on any atom is 0.430 e. The van der Waals surface area contributed by atoms with Crippen LogP contribution in [-0.4, -0.2) is 34.1 Å². The maximum atomic E-state index is 13.2. The second-order valence-electron chi connectivity index (χ2n) is 7.52. The number of rotatable bonds is 4. The van der Waals surface area contributed by atoms with Crippen molar-refractivity contribution >= 4 is 10.9 Å². The lowest BCUT2D eigenvalue weighted by Crippen LogP contribution is -2.53. The zero-order valence-corrected chi connectivity index (χ0v) is 16.5. The highest BCUT2D eigenvalue weighted by molar-refractivity contribution is 5.79. The van der Waals surface area contributed by atoms with Gasteiger partial charge in [-0.25, -0.2) is 4.98 Å². The van der Waals surface area contributed by atoms with Gasteiger partial charge in [-0.1, -0.05) is 12.1 Å². The number of aliphatic hydroxyl groups is 1. The SMILES string of the molecule is COc1ccc2nc(C3CC3)n(-c3ccc(C(O)(C(F)(F)F)C(F)(F)F)cc3)c(=O)c2c1. The molecule has 4 rings (SSSR count). The Bertz CT molecular complexity index is 1210. The summed E-state index contributed by atoms with van der Waals surface area (Å²) in [6, 6.07) is 7.56. The minimum Gasteiger partial charge on any atom is -0.497 e. The zero-order valence-electron chi connectivity index (χ0n) is 16.5. The van der Waals surface area contributed by atoms with E-state index in [0.717, 1.165) is 25.0 Å². The minimum atomic E-state index is -6.00. The number of ether oxygens (including phenoxy) is 1. The Morgan fingerprint density at radius 1 is 1.00 bits per heavy atom. The lowest BCUT2D eigenvalue weighted by Gasteiger charge is -2.32. The summed E-state index contributed by atoms with van der Waals surface area (Å²) in [4.78, 5) is 17.7. The number of aromatic nitrogens is 2. The van der Waals surface area contributed by atoms with Crippen LogP contribution in [0.3, 0.4) is 0 Å². The van der Waals surface area contributed by atoms with Gasteiger partial charge >= 0.3 is 12.4 Å². The molecule has 170 valence electrons. The van der Waals surface area contributed by atoms with Crippen molar-refractivity contribution in [1.82, 2.24) is 9.55 Å². The molecule has 0 spiro atoms. The molecular formula is C21H16F6N2O3. The molecule has 11 heteroatoms. The van der Waals surface area contributed by atoms with E-state index in [9.17, 15) is 36.2 Å². The van der Waals surface area contributed by atoms with Crippen LogP contribution in [0.2, 0.25) is 0 Å². The molecule has 1 N–H and O–H groups in total. The van der Waals surface area contributed by atoms with Crippen LogP contribution in [0.15, 0.2) is 47.3 Å². The van der Waals surface area contributed by atoms with Crippen LogP contribution in [0.1, 0.15) is 30.1 Å². The Hall–Kier alpha value is -3.08. The van der Waals surface area contributed by atoms with Crippen molar-refractivity contribution in [3.63, 3.8) is 0 Å². The van der Waals surface area contributed by atoms with Crippen LogP contribution in [-0.2, 0) is 5.60 Å². The molecular weight excluding hydrogens is 442 g/mol. The maximum absolute atomic E-state index is 13.2. The van der Waals surface area contributed by atoms with Crippen molar-refractivity contribution in [2.45, 2.75) is 36.7 Å². The topological polar surface area (TPSA) is 64.3 Å². The third-order valence-corrected chi connectivity index (χ3v) is 5.41. The van der Waals surface area contributed by atoms with E-state index in [0.29, 0.717) is 29.2 Å². The lowest BCUT2D eigenvalue weighted by molar-refractivity contribution is -0.376. The van der Waals surface area contributed by atoms with E-state index in [1.165, 1.54) is 17.7 Å². The van der Waals surface area contributed by atoms with Gasteiger partial charge in [-0.3, -0.25) is 9.36 Å². The Morgan fingerprint density at radius 3 is 2.09 bits per heavy atom. The van der Waals surface area contributed by atoms with Gasteiger partial charge in [-0.15, -0.1) is 0 Å².